The fourth-order valence-electron chi connectivity index (χ4n) is 2.29. The average molecular weight is 283 g/mol. The van der Waals surface area contributed by atoms with Gasteiger partial charge in [-0.2, -0.15) is 0 Å². The van der Waals surface area contributed by atoms with Crippen molar-refractivity contribution in [1.29, 1.82) is 0 Å². The number of aryl methyl sites for hydroxylation is 1. The average Bonchev–Trinajstić information content (AvgIpc) is 2.46. The van der Waals surface area contributed by atoms with Gasteiger partial charge in [-0.3, -0.25) is 4.79 Å². The Balaban J connectivity index is 2.39. The molecule has 0 radical (unpaired) electrons. The molecule has 0 atom stereocenters. The number of carbonyl (C=O) groups is 1. The molecule has 1 aromatic heterocycles. The second-order valence-corrected chi connectivity index (χ2v) is 4.83. The van der Waals surface area contributed by atoms with Crippen LogP contribution in [0.3, 0.4) is 0 Å². The van der Waals surface area contributed by atoms with E-state index in [2.05, 4.69) is 9.97 Å². The van der Waals surface area contributed by atoms with Crippen LogP contribution in [0.4, 0.5) is 0 Å². The van der Waals surface area contributed by atoms with Crippen molar-refractivity contribution in [2.45, 2.75) is 6.92 Å². The minimum Gasteiger partial charge on any atom is -0.298 e. The van der Waals surface area contributed by atoms with Crippen LogP contribution in [0.2, 0.25) is 5.15 Å². The number of hydrogen-bond donors (Lipinski definition) is 0. The van der Waals surface area contributed by atoms with Gasteiger partial charge in [0, 0.05) is 5.56 Å². The Hall–Kier alpha value is -2.26. The molecule has 4 heteroatoms. The van der Waals surface area contributed by atoms with Gasteiger partial charge >= 0.3 is 0 Å². The summed E-state index contributed by atoms with van der Waals surface area (Å²) in [5.74, 6) is 0.545. The van der Waals surface area contributed by atoms with Gasteiger partial charge in [-0.1, -0.05) is 54.1 Å². The number of carbonyl (C=O) groups excluding carboxylic acids is 1. The highest BCUT2D eigenvalue weighted by atomic mass is 35.5. The summed E-state index contributed by atoms with van der Waals surface area (Å²) in [6.45, 7) is 1.76. The number of rotatable bonds is 2. The Morgan fingerprint density at radius 2 is 1.80 bits per heavy atom. The minimum atomic E-state index is 0.190. The molecule has 0 aliphatic rings. The molecule has 0 bridgehead atoms. The molecule has 0 amide bonds. The lowest BCUT2D eigenvalue weighted by atomic mass is 10.00. The summed E-state index contributed by atoms with van der Waals surface area (Å²) in [5.41, 5.74) is 1.79. The molecule has 20 heavy (non-hydrogen) atoms. The van der Waals surface area contributed by atoms with Crippen molar-refractivity contribution in [3.05, 3.63) is 59.0 Å². The van der Waals surface area contributed by atoms with Gasteiger partial charge in [0.15, 0.2) is 6.29 Å². The summed E-state index contributed by atoms with van der Waals surface area (Å²) < 4.78 is 0. The smallest absolute Gasteiger partial charge is 0.155 e. The predicted molar refractivity (Wildman–Crippen MR) is 80.1 cm³/mol. The van der Waals surface area contributed by atoms with Crippen molar-refractivity contribution in [3.63, 3.8) is 0 Å². The number of nitrogens with zero attached hydrogens (tertiary/aromatic N) is 2. The van der Waals surface area contributed by atoms with Crippen LogP contribution in [0, 0.1) is 6.92 Å². The summed E-state index contributed by atoms with van der Waals surface area (Å²) in [7, 11) is 0. The van der Waals surface area contributed by atoms with Crippen LogP contribution >= 0.6 is 11.6 Å². The van der Waals surface area contributed by atoms with Crippen LogP contribution in [-0.4, -0.2) is 16.3 Å². The fraction of sp³-hybridized carbons (Fsp3) is 0.0625. The van der Waals surface area contributed by atoms with Gasteiger partial charge in [0.25, 0.3) is 0 Å². The van der Waals surface area contributed by atoms with Crippen molar-refractivity contribution >= 4 is 28.7 Å². The van der Waals surface area contributed by atoms with E-state index >= 15 is 0 Å². The van der Waals surface area contributed by atoms with E-state index in [1.54, 1.807) is 6.92 Å². The van der Waals surface area contributed by atoms with Crippen molar-refractivity contribution < 1.29 is 4.79 Å². The van der Waals surface area contributed by atoms with Gasteiger partial charge in [0.1, 0.15) is 11.0 Å². The first-order chi connectivity index (χ1) is 9.70. The van der Waals surface area contributed by atoms with E-state index in [9.17, 15) is 4.79 Å². The molecule has 0 saturated heterocycles. The molecule has 0 saturated carbocycles. The maximum Gasteiger partial charge on any atom is 0.155 e. The molecule has 3 rings (SSSR count). The maximum atomic E-state index is 11.3. The Bertz CT molecular complexity index is 809. The summed E-state index contributed by atoms with van der Waals surface area (Å²) in [6, 6.07) is 13.9. The van der Waals surface area contributed by atoms with Crippen LogP contribution in [-0.2, 0) is 0 Å². The van der Waals surface area contributed by atoms with Crippen LogP contribution in [0.1, 0.15) is 16.2 Å². The molecular formula is C16H11ClN2O. The third-order valence-corrected chi connectivity index (χ3v) is 3.46. The standard InChI is InChI=1S/C16H11ClN2O/c1-10-18-15(14(9-20)16(17)19-10)13-8-4-6-11-5-2-3-7-12(11)13/h2-9H,1H3. The van der Waals surface area contributed by atoms with Crippen molar-refractivity contribution in [1.82, 2.24) is 9.97 Å². The number of hydrogen-bond acceptors (Lipinski definition) is 3. The maximum absolute atomic E-state index is 11.3. The molecule has 1 heterocycles. The summed E-state index contributed by atoms with van der Waals surface area (Å²) in [4.78, 5) is 19.7. The van der Waals surface area contributed by atoms with Gasteiger partial charge in [-0.25, -0.2) is 9.97 Å². The quantitative estimate of drug-likeness (QED) is 0.525. The first kappa shape index (κ1) is 12.8. The van der Waals surface area contributed by atoms with Crippen molar-refractivity contribution in [2.24, 2.45) is 0 Å². The topological polar surface area (TPSA) is 42.9 Å². The molecule has 3 nitrogen and oxygen atoms in total. The highest BCUT2D eigenvalue weighted by Gasteiger charge is 2.14. The largest absolute Gasteiger partial charge is 0.298 e. The Morgan fingerprint density at radius 1 is 1.05 bits per heavy atom. The highest BCUT2D eigenvalue weighted by Crippen LogP contribution is 2.31. The number of aromatic nitrogens is 2. The van der Waals surface area contributed by atoms with Crippen LogP contribution in [0.5, 0.6) is 0 Å². The van der Waals surface area contributed by atoms with E-state index < -0.39 is 0 Å². The molecule has 0 spiro atoms. The zero-order valence-electron chi connectivity index (χ0n) is 10.8. The zero-order chi connectivity index (χ0) is 14.1. The second kappa shape index (κ2) is 5.02. The highest BCUT2D eigenvalue weighted by molar-refractivity contribution is 6.32. The molecule has 0 N–H and O–H groups in total. The van der Waals surface area contributed by atoms with E-state index in [-0.39, 0.29) is 5.15 Å². The van der Waals surface area contributed by atoms with E-state index in [0.717, 1.165) is 16.3 Å². The number of fused-ring (bicyclic) bond motifs is 1. The summed E-state index contributed by atoms with van der Waals surface area (Å²) in [6.07, 6.45) is 0.707. The third-order valence-electron chi connectivity index (χ3n) is 3.17. The number of benzene rings is 2. The predicted octanol–water partition coefficient (Wildman–Crippen LogP) is 4.07. The molecule has 3 aromatic rings. The van der Waals surface area contributed by atoms with Gasteiger partial charge in [0.2, 0.25) is 0 Å². The van der Waals surface area contributed by atoms with E-state index in [1.807, 2.05) is 42.5 Å². The lowest BCUT2D eigenvalue weighted by Crippen LogP contribution is -1.99. The Labute approximate surface area is 121 Å². The molecule has 0 unspecified atom stereocenters. The summed E-state index contributed by atoms with van der Waals surface area (Å²) in [5, 5.41) is 2.32. The molecule has 0 aliphatic heterocycles. The van der Waals surface area contributed by atoms with Crippen molar-refractivity contribution in [3.8, 4) is 11.3 Å². The lowest BCUT2D eigenvalue weighted by Gasteiger charge is -2.09. The molecule has 2 aromatic carbocycles. The van der Waals surface area contributed by atoms with Crippen LogP contribution < -0.4 is 0 Å². The second-order valence-electron chi connectivity index (χ2n) is 4.47. The fourth-order valence-corrected chi connectivity index (χ4v) is 2.55. The summed E-state index contributed by atoms with van der Waals surface area (Å²) >= 11 is 6.05. The van der Waals surface area contributed by atoms with Crippen LogP contribution in [0.25, 0.3) is 22.0 Å². The number of halogens is 1. The minimum absolute atomic E-state index is 0.190. The Morgan fingerprint density at radius 3 is 2.60 bits per heavy atom. The van der Waals surface area contributed by atoms with Gasteiger partial charge in [-0.15, -0.1) is 0 Å². The van der Waals surface area contributed by atoms with Gasteiger partial charge in [0.05, 0.1) is 11.3 Å². The van der Waals surface area contributed by atoms with Crippen molar-refractivity contribution in [2.75, 3.05) is 0 Å². The first-order valence-electron chi connectivity index (χ1n) is 6.18. The Kier molecular flexibility index (Phi) is 3.20. The first-order valence-corrected chi connectivity index (χ1v) is 6.56. The van der Waals surface area contributed by atoms with Crippen LogP contribution in [0.15, 0.2) is 42.5 Å². The monoisotopic (exact) mass is 282 g/mol. The van der Waals surface area contributed by atoms with E-state index in [4.69, 9.17) is 11.6 Å². The van der Waals surface area contributed by atoms with Gasteiger partial charge < -0.3 is 0 Å². The molecule has 0 fully saturated rings. The normalized spacial score (nSPS) is 10.7. The van der Waals surface area contributed by atoms with Gasteiger partial charge in [-0.05, 0) is 17.7 Å². The SMILES string of the molecule is Cc1nc(Cl)c(C=O)c(-c2cccc3ccccc23)n1. The molecule has 98 valence electrons. The molecular weight excluding hydrogens is 272 g/mol. The zero-order valence-corrected chi connectivity index (χ0v) is 11.6. The number of aldehydes is 1. The third kappa shape index (κ3) is 2.06. The van der Waals surface area contributed by atoms with E-state index in [0.29, 0.717) is 23.4 Å². The molecule has 0 aliphatic carbocycles. The van der Waals surface area contributed by atoms with E-state index in [1.165, 1.54) is 0 Å². The lowest BCUT2D eigenvalue weighted by molar-refractivity contribution is 0.112.